The Labute approximate surface area is 107 Å². The molecule has 0 bridgehead atoms. The van der Waals surface area contributed by atoms with Gasteiger partial charge in [-0.15, -0.1) is 0 Å². The van der Waals surface area contributed by atoms with Crippen molar-refractivity contribution in [1.29, 1.82) is 0 Å². The van der Waals surface area contributed by atoms with Crippen molar-refractivity contribution in [3.05, 3.63) is 0 Å². The Balaban J connectivity index is 3.88. The van der Waals surface area contributed by atoms with Gasteiger partial charge in [0.25, 0.3) is 0 Å². The maximum absolute atomic E-state index is 12.0. The minimum Gasteiger partial charge on any atom is -0.207 e. The molecule has 0 saturated heterocycles. The van der Waals surface area contributed by atoms with Crippen LogP contribution in [0.2, 0.25) is 0 Å². The monoisotopic (exact) mass is 289 g/mol. The van der Waals surface area contributed by atoms with Gasteiger partial charge in [0.15, 0.2) is 0 Å². The van der Waals surface area contributed by atoms with Crippen LogP contribution in [-0.4, -0.2) is 20.5 Å². The summed E-state index contributed by atoms with van der Waals surface area (Å²) in [6, 6.07) is 0. The normalized spacial score (nSPS) is 15.1. The zero-order valence-electron chi connectivity index (χ0n) is 11.0. The van der Waals surface area contributed by atoms with Gasteiger partial charge in [0.2, 0.25) is 0 Å². The fourth-order valence-electron chi connectivity index (χ4n) is 1.48. The zero-order chi connectivity index (χ0) is 14.4. The molecule has 0 amide bonds. The first-order valence-corrected chi connectivity index (χ1v) is 7.60. The molecule has 0 radical (unpaired) electrons. The van der Waals surface area contributed by atoms with Gasteiger partial charge in [-0.25, -0.2) is 13.1 Å². The summed E-state index contributed by atoms with van der Waals surface area (Å²) in [7, 11) is -5.19. The number of hydrogen-bond donors (Lipinski definition) is 1. The molecule has 1 atom stereocenters. The number of alkyl halides is 3. The Hall–Kier alpha value is -0.300. The largest absolute Gasteiger partial charge is 0.511 e. The summed E-state index contributed by atoms with van der Waals surface area (Å²) in [6.07, 6.45) is 3.75. The van der Waals surface area contributed by atoms with Crippen LogP contribution >= 0.6 is 0 Å². The van der Waals surface area contributed by atoms with Crippen LogP contribution in [0.15, 0.2) is 0 Å². The number of rotatable bonds is 8. The molecule has 0 aliphatic rings. The van der Waals surface area contributed by atoms with Gasteiger partial charge in [0, 0.05) is 6.54 Å². The van der Waals surface area contributed by atoms with Crippen molar-refractivity contribution in [3.63, 3.8) is 0 Å². The molecular weight excluding hydrogens is 267 g/mol. The van der Waals surface area contributed by atoms with E-state index in [0.717, 1.165) is 25.7 Å². The molecule has 0 aromatic carbocycles. The van der Waals surface area contributed by atoms with E-state index in [-0.39, 0.29) is 12.5 Å². The smallest absolute Gasteiger partial charge is 0.207 e. The Bertz CT molecular complexity index is 326. The summed E-state index contributed by atoms with van der Waals surface area (Å²) < 4.78 is 59.2. The Morgan fingerprint density at radius 1 is 1.06 bits per heavy atom. The van der Waals surface area contributed by atoms with Crippen molar-refractivity contribution >= 4 is 10.0 Å². The van der Waals surface area contributed by atoms with Gasteiger partial charge in [-0.1, -0.05) is 40.0 Å². The van der Waals surface area contributed by atoms with Crippen LogP contribution in [0.3, 0.4) is 0 Å². The maximum atomic E-state index is 12.0. The third-order valence-electron chi connectivity index (χ3n) is 2.65. The predicted molar refractivity (Wildman–Crippen MR) is 65.4 cm³/mol. The van der Waals surface area contributed by atoms with Gasteiger partial charge < -0.3 is 0 Å². The lowest BCUT2D eigenvalue weighted by Gasteiger charge is -2.14. The first-order chi connectivity index (χ1) is 8.06. The van der Waals surface area contributed by atoms with Crippen LogP contribution in [0.4, 0.5) is 13.2 Å². The number of nitrogens with one attached hydrogen (secondary N) is 1. The molecule has 3 nitrogen and oxygen atoms in total. The van der Waals surface area contributed by atoms with Gasteiger partial charge >= 0.3 is 15.5 Å². The van der Waals surface area contributed by atoms with Gasteiger partial charge in [-0.2, -0.15) is 13.2 Å². The van der Waals surface area contributed by atoms with E-state index in [1.165, 1.54) is 0 Å². The van der Waals surface area contributed by atoms with E-state index in [1.54, 1.807) is 11.6 Å². The maximum Gasteiger partial charge on any atom is 0.511 e. The molecule has 0 heterocycles. The van der Waals surface area contributed by atoms with Crippen molar-refractivity contribution < 1.29 is 21.6 Å². The third kappa shape index (κ3) is 7.20. The van der Waals surface area contributed by atoms with E-state index in [0.29, 0.717) is 5.92 Å². The van der Waals surface area contributed by atoms with Crippen molar-refractivity contribution in [3.8, 4) is 0 Å². The van der Waals surface area contributed by atoms with Crippen molar-refractivity contribution in [2.75, 3.05) is 6.54 Å². The van der Waals surface area contributed by atoms with E-state index in [2.05, 4.69) is 13.8 Å². The molecule has 0 fully saturated rings. The highest BCUT2D eigenvalue weighted by Gasteiger charge is 2.45. The zero-order valence-corrected chi connectivity index (χ0v) is 11.9. The average Bonchev–Trinajstić information content (AvgIpc) is 2.19. The lowest BCUT2D eigenvalue weighted by molar-refractivity contribution is -0.0448. The van der Waals surface area contributed by atoms with Gasteiger partial charge in [-0.05, 0) is 18.3 Å². The summed E-state index contributed by atoms with van der Waals surface area (Å²) in [4.78, 5) is 0. The van der Waals surface area contributed by atoms with Crippen LogP contribution in [0.1, 0.15) is 46.5 Å². The highest BCUT2D eigenvalue weighted by molar-refractivity contribution is 7.90. The first kappa shape index (κ1) is 17.7. The van der Waals surface area contributed by atoms with Crippen molar-refractivity contribution in [1.82, 2.24) is 4.72 Å². The van der Waals surface area contributed by atoms with E-state index >= 15 is 0 Å². The summed E-state index contributed by atoms with van der Waals surface area (Å²) >= 11 is 0. The molecular formula is C11H22F3NO2S. The van der Waals surface area contributed by atoms with Crippen LogP contribution in [0.5, 0.6) is 0 Å². The fourth-order valence-corrected chi connectivity index (χ4v) is 2.15. The third-order valence-corrected chi connectivity index (χ3v) is 3.81. The molecule has 1 unspecified atom stereocenters. The molecule has 0 aromatic rings. The van der Waals surface area contributed by atoms with E-state index in [1.807, 2.05) is 0 Å². The Kier molecular flexibility index (Phi) is 7.21. The van der Waals surface area contributed by atoms with Crippen molar-refractivity contribution in [2.45, 2.75) is 52.0 Å². The average molecular weight is 289 g/mol. The van der Waals surface area contributed by atoms with Crippen LogP contribution in [0, 0.1) is 11.8 Å². The molecule has 7 heteroatoms. The molecule has 0 aromatic heterocycles. The summed E-state index contributed by atoms with van der Waals surface area (Å²) in [5, 5.41) is 0. The highest BCUT2D eigenvalue weighted by Crippen LogP contribution is 2.22. The lowest BCUT2D eigenvalue weighted by Crippen LogP contribution is -2.38. The fraction of sp³-hybridized carbons (Fsp3) is 1.00. The molecule has 0 aliphatic heterocycles. The van der Waals surface area contributed by atoms with E-state index in [4.69, 9.17) is 0 Å². The molecule has 0 spiro atoms. The number of halogens is 3. The standard InChI is InChI=1S/C11H22F3NO2S/c1-9(2)6-4-5-7-10(3)8-15-18(16,17)11(12,13)14/h9-10,15H,4-8H2,1-3H3. The second-order valence-corrected chi connectivity index (χ2v) is 6.84. The Morgan fingerprint density at radius 3 is 2.00 bits per heavy atom. The van der Waals surface area contributed by atoms with Gasteiger partial charge in [-0.3, -0.25) is 0 Å². The lowest BCUT2D eigenvalue weighted by atomic mass is 10.0. The first-order valence-electron chi connectivity index (χ1n) is 6.12. The molecule has 0 rings (SSSR count). The minimum atomic E-state index is -5.22. The van der Waals surface area contributed by atoms with Crippen LogP contribution in [-0.2, 0) is 10.0 Å². The van der Waals surface area contributed by atoms with Crippen molar-refractivity contribution in [2.24, 2.45) is 11.8 Å². The second kappa shape index (κ2) is 7.33. The number of hydrogen-bond acceptors (Lipinski definition) is 2. The summed E-state index contributed by atoms with van der Waals surface area (Å²) in [6.45, 7) is 5.81. The molecule has 110 valence electrons. The number of sulfonamides is 1. The van der Waals surface area contributed by atoms with E-state index < -0.39 is 15.5 Å². The molecule has 0 aliphatic carbocycles. The topological polar surface area (TPSA) is 46.2 Å². The number of unbranched alkanes of at least 4 members (excludes halogenated alkanes) is 1. The minimum absolute atomic E-state index is 0.0886. The summed E-state index contributed by atoms with van der Waals surface area (Å²) in [5.41, 5.74) is -5.22. The highest BCUT2D eigenvalue weighted by atomic mass is 32.2. The van der Waals surface area contributed by atoms with Gasteiger partial charge in [0.05, 0.1) is 0 Å². The second-order valence-electron chi connectivity index (χ2n) is 5.08. The molecule has 18 heavy (non-hydrogen) atoms. The molecule has 0 saturated carbocycles. The SMILES string of the molecule is CC(C)CCCCC(C)CNS(=O)(=O)C(F)(F)F. The predicted octanol–water partition coefficient (Wildman–Crippen LogP) is 3.28. The van der Waals surface area contributed by atoms with Crippen LogP contribution in [0.25, 0.3) is 0 Å². The van der Waals surface area contributed by atoms with E-state index in [9.17, 15) is 21.6 Å². The summed E-state index contributed by atoms with van der Waals surface area (Å²) in [5.74, 6) is 0.526. The van der Waals surface area contributed by atoms with Gasteiger partial charge in [0.1, 0.15) is 0 Å². The quantitative estimate of drug-likeness (QED) is 0.697. The van der Waals surface area contributed by atoms with Crippen LogP contribution < -0.4 is 4.72 Å². The Morgan fingerprint density at radius 2 is 1.56 bits per heavy atom. The molecule has 1 N–H and O–H groups in total.